The average molecular weight is 308 g/mol. The van der Waals surface area contributed by atoms with E-state index in [1.807, 2.05) is 6.92 Å². The second kappa shape index (κ2) is 7.82. The maximum atomic E-state index is 12.6. The molecule has 0 saturated heterocycles. The summed E-state index contributed by atoms with van der Waals surface area (Å²) in [6.45, 7) is 9.56. The Balaban J connectivity index is 2.67. The van der Waals surface area contributed by atoms with Crippen LogP contribution in [0.25, 0.3) is 0 Å². The van der Waals surface area contributed by atoms with E-state index in [1.54, 1.807) is 4.90 Å². The Labute approximate surface area is 127 Å². The fourth-order valence-corrected chi connectivity index (χ4v) is 3.42. The number of hydrogen-bond acceptors (Lipinski definition) is 2. The Morgan fingerprint density at radius 1 is 1.24 bits per heavy atom. The van der Waals surface area contributed by atoms with Gasteiger partial charge < -0.3 is 5.32 Å². The summed E-state index contributed by atoms with van der Waals surface area (Å²) in [5, 5.41) is 3.54. The van der Waals surface area contributed by atoms with Crippen molar-refractivity contribution in [2.45, 2.75) is 65.6 Å². The van der Waals surface area contributed by atoms with Crippen LogP contribution in [0.4, 0.5) is 13.2 Å². The van der Waals surface area contributed by atoms with Gasteiger partial charge >= 0.3 is 6.18 Å². The molecule has 1 aliphatic carbocycles. The summed E-state index contributed by atoms with van der Waals surface area (Å²) in [4.78, 5) is 1.55. The molecule has 0 spiro atoms. The molecule has 0 amide bonds. The molecule has 0 aromatic heterocycles. The highest BCUT2D eigenvalue weighted by Crippen LogP contribution is 2.39. The summed E-state index contributed by atoms with van der Waals surface area (Å²) >= 11 is 0. The van der Waals surface area contributed by atoms with Gasteiger partial charge in [-0.1, -0.05) is 27.7 Å². The lowest BCUT2D eigenvalue weighted by atomic mass is 9.69. The maximum Gasteiger partial charge on any atom is 0.401 e. The predicted molar refractivity (Wildman–Crippen MR) is 81.4 cm³/mol. The van der Waals surface area contributed by atoms with Crippen LogP contribution < -0.4 is 5.32 Å². The van der Waals surface area contributed by atoms with Crippen LogP contribution >= 0.6 is 0 Å². The molecule has 0 heterocycles. The summed E-state index contributed by atoms with van der Waals surface area (Å²) in [5.41, 5.74) is 0.243. The van der Waals surface area contributed by atoms with E-state index in [0.29, 0.717) is 25.0 Å². The number of nitrogens with one attached hydrogen (secondary N) is 1. The first-order chi connectivity index (χ1) is 9.67. The Hall–Kier alpha value is -0.290. The molecule has 1 fully saturated rings. The maximum absolute atomic E-state index is 12.6. The Kier molecular flexibility index (Phi) is 6.98. The third-order valence-electron chi connectivity index (χ3n) is 4.52. The zero-order valence-electron chi connectivity index (χ0n) is 13.9. The van der Waals surface area contributed by atoms with Gasteiger partial charge in [-0.05, 0) is 50.1 Å². The monoisotopic (exact) mass is 308 g/mol. The quantitative estimate of drug-likeness (QED) is 0.763. The minimum Gasteiger partial charge on any atom is -0.314 e. The van der Waals surface area contributed by atoms with Crippen molar-refractivity contribution >= 4 is 0 Å². The number of halogens is 3. The first kappa shape index (κ1) is 18.8. The lowest BCUT2D eigenvalue weighted by molar-refractivity contribution is -0.147. The molecule has 126 valence electrons. The second-order valence-electron chi connectivity index (χ2n) is 7.17. The summed E-state index contributed by atoms with van der Waals surface area (Å²) < 4.78 is 37.9. The van der Waals surface area contributed by atoms with Crippen LogP contribution in [0.3, 0.4) is 0 Å². The van der Waals surface area contributed by atoms with Crippen molar-refractivity contribution in [2.24, 2.45) is 11.3 Å². The molecule has 2 unspecified atom stereocenters. The van der Waals surface area contributed by atoms with Crippen molar-refractivity contribution < 1.29 is 13.2 Å². The first-order valence-electron chi connectivity index (χ1n) is 8.19. The lowest BCUT2D eigenvalue weighted by Gasteiger charge is -2.43. The van der Waals surface area contributed by atoms with Gasteiger partial charge in [0.2, 0.25) is 0 Å². The van der Waals surface area contributed by atoms with Gasteiger partial charge in [0, 0.05) is 12.6 Å². The van der Waals surface area contributed by atoms with Crippen LogP contribution in [-0.2, 0) is 0 Å². The molecule has 5 heteroatoms. The zero-order chi connectivity index (χ0) is 16.1. The predicted octanol–water partition coefficient (Wildman–Crippen LogP) is 4.07. The number of nitrogens with zero attached hydrogens (tertiary/aromatic N) is 1. The van der Waals surface area contributed by atoms with Gasteiger partial charge in [-0.3, -0.25) is 4.90 Å². The van der Waals surface area contributed by atoms with Crippen molar-refractivity contribution in [3.8, 4) is 0 Å². The largest absolute Gasteiger partial charge is 0.401 e. The van der Waals surface area contributed by atoms with E-state index in [2.05, 4.69) is 26.1 Å². The van der Waals surface area contributed by atoms with Crippen molar-refractivity contribution in [1.82, 2.24) is 10.2 Å². The van der Waals surface area contributed by atoms with E-state index in [1.165, 1.54) is 0 Å². The van der Waals surface area contributed by atoms with Crippen LogP contribution in [0.1, 0.15) is 53.4 Å². The summed E-state index contributed by atoms with van der Waals surface area (Å²) in [5.74, 6) is 0.308. The van der Waals surface area contributed by atoms with Gasteiger partial charge in [-0.25, -0.2) is 0 Å². The van der Waals surface area contributed by atoms with Crippen molar-refractivity contribution in [1.29, 1.82) is 0 Å². The van der Waals surface area contributed by atoms with E-state index in [-0.39, 0.29) is 5.41 Å². The Morgan fingerprint density at radius 3 is 2.43 bits per heavy atom. The van der Waals surface area contributed by atoms with Crippen LogP contribution in [-0.4, -0.2) is 43.3 Å². The molecular weight excluding hydrogens is 277 g/mol. The van der Waals surface area contributed by atoms with E-state index < -0.39 is 12.7 Å². The molecule has 1 rings (SSSR count). The van der Waals surface area contributed by atoms with Gasteiger partial charge in [-0.2, -0.15) is 13.2 Å². The Morgan fingerprint density at radius 2 is 1.90 bits per heavy atom. The van der Waals surface area contributed by atoms with Gasteiger partial charge in [0.05, 0.1) is 6.54 Å². The first-order valence-corrected chi connectivity index (χ1v) is 8.19. The van der Waals surface area contributed by atoms with Crippen LogP contribution in [0, 0.1) is 11.3 Å². The van der Waals surface area contributed by atoms with Gasteiger partial charge in [0.1, 0.15) is 0 Å². The second-order valence-corrected chi connectivity index (χ2v) is 7.17. The third-order valence-corrected chi connectivity index (χ3v) is 4.52. The van der Waals surface area contributed by atoms with Crippen molar-refractivity contribution in [2.75, 3.05) is 26.2 Å². The molecule has 0 aromatic carbocycles. The van der Waals surface area contributed by atoms with Gasteiger partial charge in [0.15, 0.2) is 0 Å². The van der Waals surface area contributed by atoms with E-state index in [9.17, 15) is 13.2 Å². The number of hydrogen-bond donors (Lipinski definition) is 1. The number of rotatable bonds is 7. The van der Waals surface area contributed by atoms with Crippen molar-refractivity contribution in [3.05, 3.63) is 0 Å². The summed E-state index contributed by atoms with van der Waals surface area (Å²) in [7, 11) is 0. The third kappa shape index (κ3) is 7.00. The molecule has 2 atom stereocenters. The molecule has 1 N–H and O–H groups in total. The van der Waals surface area contributed by atoms with Crippen LogP contribution in [0.5, 0.6) is 0 Å². The van der Waals surface area contributed by atoms with E-state index in [0.717, 1.165) is 32.2 Å². The van der Waals surface area contributed by atoms with E-state index in [4.69, 9.17) is 0 Å². The smallest absolute Gasteiger partial charge is 0.314 e. The minimum absolute atomic E-state index is 0.243. The highest BCUT2D eigenvalue weighted by molar-refractivity contribution is 4.90. The zero-order valence-corrected chi connectivity index (χ0v) is 13.9. The van der Waals surface area contributed by atoms with Crippen LogP contribution in [0.15, 0.2) is 0 Å². The highest BCUT2D eigenvalue weighted by Gasteiger charge is 2.37. The molecule has 0 radical (unpaired) electrons. The van der Waals surface area contributed by atoms with Gasteiger partial charge in [-0.15, -0.1) is 0 Å². The molecular formula is C16H31F3N2. The van der Waals surface area contributed by atoms with E-state index >= 15 is 0 Å². The number of alkyl halides is 3. The molecule has 0 aromatic rings. The Bertz CT molecular complexity index is 302. The molecule has 1 aliphatic rings. The van der Waals surface area contributed by atoms with Crippen LogP contribution in [0.2, 0.25) is 0 Å². The topological polar surface area (TPSA) is 15.3 Å². The molecule has 2 nitrogen and oxygen atoms in total. The molecule has 21 heavy (non-hydrogen) atoms. The van der Waals surface area contributed by atoms with Gasteiger partial charge in [0.25, 0.3) is 0 Å². The normalized spacial score (nSPS) is 26.3. The SMILES string of the molecule is CCCNC1CCC(C)(C)CC1CN(CC)CC(F)(F)F. The fraction of sp³-hybridized carbons (Fsp3) is 1.00. The van der Waals surface area contributed by atoms with Crippen molar-refractivity contribution in [3.63, 3.8) is 0 Å². The molecule has 1 saturated carbocycles. The average Bonchev–Trinajstić information content (AvgIpc) is 2.34. The molecule has 0 bridgehead atoms. The highest BCUT2D eigenvalue weighted by atomic mass is 19.4. The summed E-state index contributed by atoms with van der Waals surface area (Å²) in [6.07, 6.45) is 0.180. The lowest BCUT2D eigenvalue weighted by Crippen LogP contribution is -2.49. The standard InChI is InChI=1S/C16H31F3N2/c1-5-9-20-14-7-8-15(3,4)10-13(14)11-21(6-2)12-16(17,18)19/h13-14,20H,5-12H2,1-4H3. The molecule has 0 aliphatic heterocycles. The summed E-state index contributed by atoms with van der Waals surface area (Å²) in [6, 6.07) is 0.361. The fourth-order valence-electron chi connectivity index (χ4n) is 3.42. The minimum atomic E-state index is -4.10.